The fourth-order valence-electron chi connectivity index (χ4n) is 5.73. The number of fused-ring (bicyclic) bond motifs is 3. The average molecular weight is 377 g/mol. The van der Waals surface area contributed by atoms with Gasteiger partial charge in [-0.25, -0.2) is 4.52 Å². The van der Waals surface area contributed by atoms with Gasteiger partial charge in [-0.1, -0.05) is 12.1 Å². The quantitative estimate of drug-likeness (QED) is 0.696. The van der Waals surface area contributed by atoms with Gasteiger partial charge in [-0.2, -0.15) is 5.10 Å². The summed E-state index contributed by atoms with van der Waals surface area (Å²) >= 11 is 0. The Morgan fingerprint density at radius 1 is 1.07 bits per heavy atom. The molecule has 1 aliphatic carbocycles. The number of hydrogen-bond acceptors (Lipinski definition) is 5. The molecular formula is C22H27N5O. The van der Waals surface area contributed by atoms with Crippen LogP contribution in [0.4, 0.5) is 5.69 Å². The number of nitrogens with zero attached hydrogens (tertiary/aromatic N) is 5. The highest BCUT2D eigenvalue weighted by Crippen LogP contribution is 2.42. The van der Waals surface area contributed by atoms with Gasteiger partial charge in [0.25, 0.3) is 0 Å². The molecular weight excluding hydrogens is 350 g/mol. The van der Waals surface area contributed by atoms with E-state index in [1.807, 2.05) is 29.9 Å². The predicted octanol–water partition coefficient (Wildman–Crippen LogP) is 3.75. The molecule has 6 nitrogen and oxygen atoms in total. The molecule has 3 fully saturated rings. The Morgan fingerprint density at radius 2 is 1.86 bits per heavy atom. The largest absolute Gasteiger partial charge is 0.367 e. The Labute approximate surface area is 165 Å². The SMILES string of the molecule is Cc1cc(-c2cc3c(N4CC5CCC(C4)N5C4CC(C)C4)ccnn3c2)on1. The molecule has 0 N–H and O–H groups in total. The third-order valence-corrected chi connectivity index (χ3v) is 7.05. The monoisotopic (exact) mass is 377 g/mol. The molecule has 3 aromatic heterocycles. The first-order valence-electron chi connectivity index (χ1n) is 10.6. The highest BCUT2D eigenvalue weighted by atomic mass is 16.5. The van der Waals surface area contributed by atoms with Crippen molar-refractivity contribution in [2.75, 3.05) is 18.0 Å². The first kappa shape index (κ1) is 16.6. The van der Waals surface area contributed by atoms with Crippen LogP contribution in [0.5, 0.6) is 0 Å². The van der Waals surface area contributed by atoms with Crippen LogP contribution in [-0.4, -0.2) is 50.9 Å². The molecule has 146 valence electrons. The van der Waals surface area contributed by atoms with E-state index < -0.39 is 0 Å². The first-order valence-corrected chi connectivity index (χ1v) is 10.6. The number of aromatic nitrogens is 3. The van der Waals surface area contributed by atoms with Gasteiger partial charge in [-0.3, -0.25) is 4.90 Å². The van der Waals surface area contributed by atoms with Gasteiger partial charge in [0.2, 0.25) is 0 Å². The Bertz CT molecular complexity index is 1000. The zero-order chi connectivity index (χ0) is 18.8. The van der Waals surface area contributed by atoms with Gasteiger partial charge in [0, 0.05) is 55.2 Å². The maximum atomic E-state index is 5.47. The van der Waals surface area contributed by atoms with Crippen LogP contribution in [0.2, 0.25) is 0 Å². The summed E-state index contributed by atoms with van der Waals surface area (Å²) in [7, 11) is 0. The van der Waals surface area contributed by atoms with E-state index in [9.17, 15) is 0 Å². The lowest BCUT2D eigenvalue weighted by Crippen LogP contribution is -2.59. The molecule has 2 bridgehead atoms. The summed E-state index contributed by atoms with van der Waals surface area (Å²) in [5.74, 6) is 1.72. The Balaban J connectivity index is 1.31. The van der Waals surface area contributed by atoms with Gasteiger partial charge in [-0.05, 0) is 50.7 Å². The van der Waals surface area contributed by atoms with Crippen LogP contribution in [0.15, 0.2) is 35.1 Å². The normalized spacial score (nSPS) is 30.1. The second kappa shape index (κ2) is 6.08. The van der Waals surface area contributed by atoms with Crippen LogP contribution in [0, 0.1) is 12.8 Å². The van der Waals surface area contributed by atoms with Crippen LogP contribution in [-0.2, 0) is 0 Å². The average Bonchev–Trinajstić information content (AvgIpc) is 3.34. The third kappa shape index (κ3) is 2.50. The summed E-state index contributed by atoms with van der Waals surface area (Å²) in [4.78, 5) is 5.46. The van der Waals surface area contributed by atoms with Gasteiger partial charge in [0.15, 0.2) is 5.76 Å². The van der Waals surface area contributed by atoms with Crippen molar-refractivity contribution in [2.45, 2.75) is 57.7 Å². The van der Waals surface area contributed by atoms with Crippen LogP contribution in [0.1, 0.15) is 38.3 Å². The van der Waals surface area contributed by atoms with Crippen molar-refractivity contribution in [3.63, 3.8) is 0 Å². The van der Waals surface area contributed by atoms with E-state index in [1.54, 1.807) is 0 Å². The van der Waals surface area contributed by atoms with Gasteiger partial charge < -0.3 is 9.42 Å². The summed E-state index contributed by atoms with van der Waals surface area (Å²) in [6.07, 6.45) is 9.43. The van der Waals surface area contributed by atoms with Gasteiger partial charge in [0.05, 0.1) is 16.9 Å². The molecule has 1 saturated carbocycles. The summed E-state index contributed by atoms with van der Waals surface area (Å²) in [5, 5.41) is 8.56. The second-order valence-electron chi connectivity index (χ2n) is 9.08. The molecule has 6 rings (SSSR count). The fraction of sp³-hybridized carbons (Fsp3) is 0.545. The summed E-state index contributed by atoms with van der Waals surface area (Å²) in [6.45, 7) is 6.60. The lowest BCUT2D eigenvalue weighted by molar-refractivity contribution is 0.0341. The van der Waals surface area contributed by atoms with Crippen LogP contribution < -0.4 is 4.90 Å². The Hall–Kier alpha value is -2.34. The summed E-state index contributed by atoms with van der Waals surface area (Å²) in [6, 6.07) is 8.58. The molecule has 2 saturated heterocycles. The van der Waals surface area contributed by atoms with Crippen LogP contribution in [0.25, 0.3) is 16.8 Å². The van der Waals surface area contributed by atoms with E-state index in [-0.39, 0.29) is 0 Å². The Kier molecular flexibility index (Phi) is 3.60. The lowest BCUT2D eigenvalue weighted by atomic mass is 9.80. The van der Waals surface area contributed by atoms with Gasteiger partial charge in [-0.15, -0.1) is 0 Å². The summed E-state index contributed by atoms with van der Waals surface area (Å²) in [5.41, 5.74) is 4.37. The van der Waals surface area contributed by atoms with Crippen molar-refractivity contribution in [2.24, 2.45) is 5.92 Å². The number of aryl methyl sites for hydroxylation is 1. The molecule has 2 atom stereocenters. The van der Waals surface area contributed by atoms with Crippen molar-refractivity contribution in [1.29, 1.82) is 0 Å². The molecule has 2 unspecified atom stereocenters. The van der Waals surface area contributed by atoms with E-state index in [2.05, 4.69) is 39.1 Å². The third-order valence-electron chi connectivity index (χ3n) is 7.05. The van der Waals surface area contributed by atoms with Gasteiger partial charge >= 0.3 is 0 Å². The molecule has 0 spiro atoms. The molecule has 0 radical (unpaired) electrons. The fourth-order valence-corrected chi connectivity index (χ4v) is 5.73. The molecule has 2 aliphatic heterocycles. The van der Waals surface area contributed by atoms with E-state index in [4.69, 9.17) is 4.52 Å². The molecule has 3 aromatic rings. The minimum absolute atomic E-state index is 0.704. The van der Waals surface area contributed by atoms with Crippen LogP contribution >= 0.6 is 0 Å². The Morgan fingerprint density at radius 3 is 2.54 bits per heavy atom. The van der Waals surface area contributed by atoms with E-state index >= 15 is 0 Å². The van der Waals surface area contributed by atoms with Crippen molar-refractivity contribution in [3.8, 4) is 11.3 Å². The van der Waals surface area contributed by atoms with Crippen molar-refractivity contribution in [1.82, 2.24) is 19.7 Å². The van der Waals surface area contributed by atoms with E-state index in [0.29, 0.717) is 12.1 Å². The highest BCUT2D eigenvalue weighted by molar-refractivity contribution is 5.78. The topological polar surface area (TPSA) is 49.8 Å². The minimum atomic E-state index is 0.704. The second-order valence-corrected chi connectivity index (χ2v) is 9.08. The maximum Gasteiger partial charge on any atom is 0.168 e. The highest BCUT2D eigenvalue weighted by Gasteiger charge is 2.46. The lowest BCUT2D eigenvalue weighted by Gasteiger charge is -2.50. The van der Waals surface area contributed by atoms with Gasteiger partial charge in [0.1, 0.15) is 0 Å². The summed E-state index contributed by atoms with van der Waals surface area (Å²) < 4.78 is 7.44. The zero-order valence-electron chi connectivity index (χ0n) is 16.6. The number of piperazine rings is 1. The number of anilines is 1. The minimum Gasteiger partial charge on any atom is -0.367 e. The molecule has 28 heavy (non-hydrogen) atoms. The van der Waals surface area contributed by atoms with Crippen molar-refractivity contribution < 1.29 is 4.52 Å². The van der Waals surface area contributed by atoms with E-state index in [1.165, 1.54) is 31.4 Å². The standard InChI is InChI=1S/C22H27N5O/c1-14-7-19(8-14)27-17-3-4-18(27)13-25(12-17)20-5-6-23-26-11-16(10-21(20)26)22-9-15(2)24-28-22/h5-6,9-11,14,17-19H,3-4,7-8,12-13H2,1-2H3. The molecule has 0 amide bonds. The maximum absolute atomic E-state index is 5.47. The molecule has 3 aliphatic rings. The van der Waals surface area contributed by atoms with E-state index in [0.717, 1.165) is 47.6 Å². The smallest absolute Gasteiger partial charge is 0.168 e. The van der Waals surface area contributed by atoms with Crippen LogP contribution in [0.3, 0.4) is 0 Å². The number of hydrogen-bond donors (Lipinski definition) is 0. The van der Waals surface area contributed by atoms with Crippen molar-refractivity contribution in [3.05, 3.63) is 36.3 Å². The zero-order valence-corrected chi connectivity index (χ0v) is 16.6. The molecule has 6 heteroatoms. The number of rotatable bonds is 3. The predicted molar refractivity (Wildman–Crippen MR) is 108 cm³/mol. The molecule has 0 aromatic carbocycles. The van der Waals surface area contributed by atoms with Crippen molar-refractivity contribution >= 4 is 11.2 Å². The first-order chi connectivity index (χ1) is 13.7. The molecule has 5 heterocycles.